The van der Waals surface area contributed by atoms with Crippen LogP contribution in [0.2, 0.25) is 5.02 Å². The minimum atomic E-state index is 0.330. The molecule has 2 heterocycles. The molecule has 4 aromatic rings. The lowest BCUT2D eigenvalue weighted by molar-refractivity contribution is 0.366. The zero-order chi connectivity index (χ0) is 16.5. The maximum atomic E-state index is 6.05. The second-order valence-electron chi connectivity index (χ2n) is 5.09. The lowest BCUT2D eigenvalue weighted by atomic mass is 10.2. The van der Waals surface area contributed by atoms with Crippen LogP contribution in [0.4, 0.5) is 0 Å². The van der Waals surface area contributed by atoms with Gasteiger partial charge in [-0.25, -0.2) is 4.68 Å². The zero-order valence-electron chi connectivity index (χ0n) is 12.7. The predicted molar refractivity (Wildman–Crippen MR) is 87.9 cm³/mol. The topological polar surface area (TPSA) is 78.9 Å². The van der Waals surface area contributed by atoms with Crippen LogP contribution in [0.5, 0.6) is 5.75 Å². The first kappa shape index (κ1) is 14.6. The summed E-state index contributed by atoms with van der Waals surface area (Å²) in [6, 6.07) is 12.9. The van der Waals surface area contributed by atoms with Crippen LogP contribution in [0, 0.1) is 0 Å². The first-order chi connectivity index (χ1) is 11.7. The van der Waals surface area contributed by atoms with Crippen molar-refractivity contribution in [3.8, 4) is 17.1 Å². The molecule has 0 N–H and O–H groups in total. The van der Waals surface area contributed by atoms with E-state index < -0.39 is 0 Å². The normalized spacial score (nSPS) is 11.1. The van der Waals surface area contributed by atoms with Gasteiger partial charge < -0.3 is 9.26 Å². The van der Waals surface area contributed by atoms with Crippen LogP contribution in [0.1, 0.15) is 5.89 Å². The number of benzene rings is 2. The SMILES string of the molecule is COc1ccc(Cl)cc1-c1noc(Cn2nnc3ccccc32)n1. The van der Waals surface area contributed by atoms with E-state index in [0.29, 0.717) is 34.6 Å². The number of fused-ring (bicyclic) bond motifs is 1. The molecule has 24 heavy (non-hydrogen) atoms. The van der Waals surface area contributed by atoms with Crippen molar-refractivity contribution in [1.82, 2.24) is 25.1 Å². The van der Waals surface area contributed by atoms with Gasteiger partial charge in [0.25, 0.3) is 0 Å². The lowest BCUT2D eigenvalue weighted by Crippen LogP contribution is -2.02. The third kappa shape index (κ3) is 2.59. The summed E-state index contributed by atoms with van der Waals surface area (Å²) in [6.45, 7) is 0.330. The van der Waals surface area contributed by atoms with E-state index in [-0.39, 0.29) is 0 Å². The van der Waals surface area contributed by atoms with E-state index >= 15 is 0 Å². The molecule has 2 aromatic heterocycles. The van der Waals surface area contributed by atoms with Crippen LogP contribution < -0.4 is 4.74 Å². The Morgan fingerprint density at radius 3 is 2.96 bits per heavy atom. The summed E-state index contributed by atoms with van der Waals surface area (Å²) >= 11 is 6.05. The number of para-hydroxylation sites is 1. The summed E-state index contributed by atoms with van der Waals surface area (Å²) in [5.74, 6) is 1.45. The molecular weight excluding hydrogens is 330 g/mol. The standard InChI is InChI=1S/C16H12ClN5O2/c1-23-14-7-6-10(17)8-11(14)16-18-15(24-20-16)9-22-13-5-3-2-4-12(13)19-21-22/h2-8H,9H2,1H3. The van der Waals surface area contributed by atoms with Gasteiger partial charge in [0.1, 0.15) is 17.8 Å². The highest BCUT2D eigenvalue weighted by atomic mass is 35.5. The van der Waals surface area contributed by atoms with E-state index in [0.717, 1.165) is 11.0 Å². The summed E-state index contributed by atoms with van der Waals surface area (Å²) < 4.78 is 12.4. The molecule has 4 rings (SSSR count). The molecule has 0 unspecified atom stereocenters. The van der Waals surface area contributed by atoms with E-state index in [9.17, 15) is 0 Å². The number of halogens is 1. The predicted octanol–water partition coefficient (Wildman–Crippen LogP) is 3.19. The van der Waals surface area contributed by atoms with Crippen molar-refractivity contribution in [2.75, 3.05) is 7.11 Å². The van der Waals surface area contributed by atoms with Crippen molar-refractivity contribution >= 4 is 22.6 Å². The Morgan fingerprint density at radius 1 is 1.21 bits per heavy atom. The van der Waals surface area contributed by atoms with Gasteiger partial charge in [-0.1, -0.05) is 34.1 Å². The summed E-state index contributed by atoms with van der Waals surface area (Å²) in [5.41, 5.74) is 2.38. The van der Waals surface area contributed by atoms with Gasteiger partial charge in [0.05, 0.1) is 18.2 Å². The van der Waals surface area contributed by atoms with E-state index in [4.69, 9.17) is 20.9 Å². The zero-order valence-corrected chi connectivity index (χ0v) is 13.4. The lowest BCUT2D eigenvalue weighted by Gasteiger charge is -2.04. The first-order valence-corrected chi connectivity index (χ1v) is 7.57. The molecule has 2 aromatic carbocycles. The van der Waals surface area contributed by atoms with Crippen molar-refractivity contribution in [3.05, 3.63) is 53.4 Å². The summed E-state index contributed by atoms with van der Waals surface area (Å²) in [5, 5.41) is 12.8. The minimum Gasteiger partial charge on any atom is -0.496 e. The second-order valence-corrected chi connectivity index (χ2v) is 5.53. The van der Waals surface area contributed by atoms with E-state index in [1.54, 1.807) is 30.0 Å². The van der Waals surface area contributed by atoms with Gasteiger partial charge in [-0.2, -0.15) is 4.98 Å². The number of methoxy groups -OCH3 is 1. The van der Waals surface area contributed by atoms with Crippen LogP contribution in [0.15, 0.2) is 47.0 Å². The molecule has 0 aliphatic rings. The maximum absolute atomic E-state index is 6.05. The molecule has 0 saturated carbocycles. The second kappa shape index (κ2) is 5.93. The molecule has 7 nitrogen and oxygen atoms in total. The van der Waals surface area contributed by atoms with Crippen LogP contribution >= 0.6 is 11.6 Å². The fourth-order valence-corrected chi connectivity index (χ4v) is 2.62. The molecule has 0 aliphatic heterocycles. The molecule has 120 valence electrons. The fourth-order valence-electron chi connectivity index (χ4n) is 2.45. The first-order valence-electron chi connectivity index (χ1n) is 7.19. The van der Waals surface area contributed by atoms with Gasteiger partial charge in [-0.15, -0.1) is 5.10 Å². The quantitative estimate of drug-likeness (QED) is 0.567. The fraction of sp³-hybridized carbons (Fsp3) is 0.125. The van der Waals surface area contributed by atoms with Gasteiger partial charge in [0.15, 0.2) is 0 Å². The molecule has 0 atom stereocenters. The Hall–Kier alpha value is -2.93. The number of nitrogens with zero attached hydrogens (tertiary/aromatic N) is 5. The van der Waals surface area contributed by atoms with Crippen molar-refractivity contribution < 1.29 is 9.26 Å². The van der Waals surface area contributed by atoms with E-state index in [1.807, 2.05) is 24.3 Å². The maximum Gasteiger partial charge on any atom is 0.248 e. The molecule has 0 saturated heterocycles. The summed E-state index contributed by atoms with van der Waals surface area (Å²) in [7, 11) is 1.58. The average molecular weight is 342 g/mol. The van der Waals surface area contributed by atoms with Crippen LogP contribution in [0.25, 0.3) is 22.4 Å². The Bertz CT molecular complexity index is 1010. The van der Waals surface area contributed by atoms with Crippen LogP contribution in [0.3, 0.4) is 0 Å². The molecule has 0 bridgehead atoms. The monoisotopic (exact) mass is 341 g/mol. The van der Waals surface area contributed by atoms with E-state index in [1.165, 1.54) is 0 Å². The largest absolute Gasteiger partial charge is 0.496 e. The molecule has 0 amide bonds. The highest BCUT2D eigenvalue weighted by Crippen LogP contribution is 2.30. The molecule has 0 fully saturated rings. The third-order valence-corrected chi connectivity index (χ3v) is 3.81. The summed E-state index contributed by atoms with van der Waals surface area (Å²) in [4.78, 5) is 4.41. The van der Waals surface area contributed by atoms with Gasteiger partial charge >= 0.3 is 0 Å². The number of aromatic nitrogens is 5. The van der Waals surface area contributed by atoms with Crippen molar-refractivity contribution in [3.63, 3.8) is 0 Å². The van der Waals surface area contributed by atoms with Crippen LogP contribution in [-0.4, -0.2) is 32.2 Å². The highest BCUT2D eigenvalue weighted by molar-refractivity contribution is 6.30. The highest BCUT2D eigenvalue weighted by Gasteiger charge is 2.15. The minimum absolute atomic E-state index is 0.330. The number of ether oxygens (including phenoxy) is 1. The Morgan fingerprint density at radius 2 is 2.08 bits per heavy atom. The van der Waals surface area contributed by atoms with Gasteiger partial charge in [-0.3, -0.25) is 0 Å². The molecule has 0 aliphatic carbocycles. The van der Waals surface area contributed by atoms with Gasteiger partial charge in [0, 0.05) is 5.02 Å². The van der Waals surface area contributed by atoms with Crippen molar-refractivity contribution in [2.45, 2.75) is 6.54 Å². The molecule has 8 heteroatoms. The number of hydrogen-bond donors (Lipinski definition) is 0. The molecular formula is C16H12ClN5O2. The Kier molecular flexibility index (Phi) is 3.62. The number of rotatable bonds is 4. The summed E-state index contributed by atoms with van der Waals surface area (Å²) in [6.07, 6.45) is 0. The number of hydrogen-bond acceptors (Lipinski definition) is 6. The molecule has 0 spiro atoms. The van der Waals surface area contributed by atoms with Crippen LogP contribution in [-0.2, 0) is 6.54 Å². The molecule has 0 radical (unpaired) electrons. The van der Waals surface area contributed by atoms with Gasteiger partial charge in [-0.05, 0) is 30.3 Å². The smallest absolute Gasteiger partial charge is 0.248 e. The Labute approximate surface area is 141 Å². The average Bonchev–Trinajstić information content (AvgIpc) is 3.23. The Balaban J connectivity index is 1.67. The van der Waals surface area contributed by atoms with Crippen molar-refractivity contribution in [2.24, 2.45) is 0 Å². The van der Waals surface area contributed by atoms with Gasteiger partial charge in [0.2, 0.25) is 11.7 Å². The van der Waals surface area contributed by atoms with E-state index in [2.05, 4.69) is 20.5 Å². The van der Waals surface area contributed by atoms with Crippen molar-refractivity contribution in [1.29, 1.82) is 0 Å². The third-order valence-electron chi connectivity index (χ3n) is 3.58.